The van der Waals surface area contributed by atoms with E-state index in [1.165, 1.54) is 0 Å². The van der Waals surface area contributed by atoms with Crippen molar-refractivity contribution >= 4 is 45.3 Å². The number of H-pyrrole nitrogens is 1. The molecule has 1 N–H and O–H groups in total. The molecular formula is C13H14N4OS3. The highest BCUT2D eigenvalue weighted by molar-refractivity contribution is 7.99. The molecule has 0 aliphatic carbocycles. The lowest BCUT2D eigenvalue weighted by atomic mass is 10.4. The predicted octanol–water partition coefficient (Wildman–Crippen LogP) is 3.14. The molecule has 0 amide bonds. The van der Waals surface area contributed by atoms with Crippen molar-refractivity contribution < 1.29 is 4.55 Å². The van der Waals surface area contributed by atoms with Crippen LogP contribution in [0.4, 0.5) is 0 Å². The van der Waals surface area contributed by atoms with Crippen LogP contribution in [-0.4, -0.2) is 30.2 Å². The Balaban J connectivity index is 1.79. The molecule has 0 saturated carbocycles. The summed E-state index contributed by atoms with van der Waals surface area (Å²) in [6.07, 6.45) is 1.79. The summed E-state index contributed by atoms with van der Waals surface area (Å²) < 4.78 is 12.4. The summed E-state index contributed by atoms with van der Waals surface area (Å²) in [5.74, 6) is 1.82. The molecule has 5 nitrogen and oxygen atoms in total. The minimum atomic E-state index is -1.26. The molecule has 3 heterocycles. The monoisotopic (exact) mass is 338 g/mol. The Hall–Kier alpha value is -1.09. The number of nitrogens with one attached hydrogen (secondary N) is 1. The van der Waals surface area contributed by atoms with E-state index in [4.69, 9.17) is 0 Å². The molecule has 3 aromatic heterocycles. The van der Waals surface area contributed by atoms with Gasteiger partial charge in [-0.1, -0.05) is 6.92 Å². The van der Waals surface area contributed by atoms with Crippen LogP contribution in [0.1, 0.15) is 18.3 Å². The summed E-state index contributed by atoms with van der Waals surface area (Å²) in [5.41, 5.74) is 2.83. The maximum Gasteiger partial charge on any atom is 0.322 e. The molecule has 0 aromatic carbocycles. The molecule has 0 fully saturated rings. The standard InChI is InChI=1S/C13H14N4OS3/c1-3-20-12-8(2)4-14-11(17-12)7-21(18)13-15-9-5-19-6-10(9)16-13/h4-6H,3,7H2,1-2H3,(H,15,16). The fraction of sp³-hybridized carbons (Fsp3) is 0.308. The zero-order valence-corrected chi connectivity index (χ0v) is 14.1. The Kier molecular flexibility index (Phi) is 4.48. The molecule has 1 unspecified atom stereocenters. The van der Waals surface area contributed by atoms with Crippen molar-refractivity contribution in [3.63, 3.8) is 0 Å². The summed E-state index contributed by atoms with van der Waals surface area (Å²) in [7, 11) is 0. The third-order valence-electron chi connectivity index (χ3n) is 2.84. The largest absolute Gasteiger partial charge is 0.609 e. The molecule has 0 bridgehead atoms. The number of hydrogen-bond acceptors (Lipinski definition) is 6. The molecule has 0 radical (unpaired) electrons. The van der Waals surface area contributed by atoms with Gasteiger partial charge in [0, 0.05) is 28.1 Å². The summed E-state index contributed by atoms with van der Waals surface area (Å²) in [6, 6.07) is 0. The van der Waals surface area contributed by atoms with Gasteiger partial charge in [0.15, 0.2) is 11.6 Å². The average Bonchev–Trinajstić information content (AvgIpc) is 3.03. The third kappa shape index (κ3) is 3.23. The van der Waals surface area contributed by atoms with Gasteiger partial charge in [-0.3, -0.25) is 4.98 Å². The van der Waals surface area contributed by atoms with Crippen LogP contribution in [0.3, 0.4) is 0 Å². The Bertz CT molecular complexity index is 726. The molecular weight excluding hydrogens is 324 g/mol. The molecule has 1 atom stereocenters. The molecule has 0 spiro atoms. The maximum atomic E-state index is 12.4. The van der Waals surface area contributed by atoms with E-state index in [1.807, 2.05) is 17.7 Å². The molecule has 0 aliphatic heterocycles. The predicted molar refractivity (Wildman–Crippen MR) is 87.3 cm³/mol. The Morgan fingerprint density at radius 2 is 2.24 bits per heavy atom. The summed E-state index contributed by atoms with van der Waals surface area (Å²) >= 11 is 1.98. The Morgan fingerprint density at radius 3 is 3.00 bits per heavy atom. The molecule has 21 heavy (non-hydrogen) atoms. The van der Waals surface area contributed by atoms with Crippen LogP contribution in [-0.2, 0) is 16.9 Å². The van der Waals surface area contributed by atoms with Gasteiger partial charge in [0.1, 0.15) is 10.5 Å². The molecule has 3 aromatic rings. The van der Waals surface area contributed by atoms with Gasteiger partial charge >= 0.3 is 5.16 Å². The van der Waals surface area contributed by atoms with Gasteiger partial charge in [0.05, 0.1) is 5.52 Å². The number of aromatic nitrogens is 4. The highest BCUT2D eigenvalue weighted by Crippen LogP contribution is 2.22. The first-order valence-electron chi connectivity index (χ1n) is 6.43. The van der Waals surface area contributed by atoms with Crippen molar-refractivity contribution in [3.05, 3.63) is 28.3 Å². The first-order valence-corrected chi connectivity index (χ1v) is 9.67. The van der Waals surface area contributed by atoms with Crippen LogP contribution >= 0.6 is 23.1 Å². The topological polar surface area (TPSA) is 77.5 Å². The van der Waals surface area contributed by atoms with Crippen LogP contribution in [0.15, 0.2) is 27.1 Å². The van der Waals surface area contributed by atoms with Crippen molar-refractivity contribution in [1.29, 1.82) is 0 Å². The number of fused-ring (bicyclic) bond motifs is 1. The van der Waals surface area contributed by atoms with Crippen molar-refractivity contribution in [2.24, 2.45) is 0 Å². The number of thiophene rings is 1. The lowest BCUT2D eigenvalue weighted by Crippen LogP contribution is -2.10. The third-order valence-corrected chi connectivity index (χ3v) is 5.69. The second-order valence-electron chi connectivity index (χ2n) is 4.41. The quantitative estimate of drug-likeness (QED) is 0.439. The van der Waals surface area contributed by atoms with E-state index in [0.717, 1.165) is 27.4 Å². The second kappa shape index (κ2) is 6.35. The first kappa shape index (κ1) is 14.8. The van der Waals surface area contributed by atoms with Crippen LogP contribution < -0.4 is 0 Å². The normalized spacial score (nSPS) is 12.9. The lowest BCUT2D eigenvalue weighted by Gasteiger charge is -2.08. The minimum absolute atomic E-state index is 0.275. The number of rotatable bonds is 5. The summed E-state index contributed by atoms with van der Waals surface area (Å²) in [5, 5.41) is 5.34. The van der Waals surface area contributed by atoms with E-state index in [-0.39, 0.29) is 5.75 Å². The zero-order valence-electron chi connectivity index (χ0n) is 11.6. The molecule has 8 heteroatoms. The highest BCUT2D eigenvalue weighted by atomic mass is 32.2. The van der Waals surface area contributed by atoms with Gasteiger partial charge in [-0.15, -0.1) is 23.1 Å². The van der Waals surface area contributed by atoms with Gasteiger partial charge in [-0.2, -0.15) is 4.98 Å². The number of thioether (sulfide) groups is 1. The summed E-state index contributed by atoms with van der Waals surface area (Å²) in [6.45, 7) is 4.07. The van der Waals surface area contributed by atoms with Crippen molar-refractivity contribution in [2.75, 3.05) is 5.75 Å². The lowest BCUT2D eigenvalue weighted by molar-refractivity contribution is 0.585. The molecule has 0 saturated heterocycles. The number of aromatic amines is 1. The number of nitrogens with zero attached hydrogens (tertiary/aromatic N) is 3. The van der Waals surface area contributed by atoms with Crippen LogP contribution in [0.5, 0.6) is 0 Å². The number of hydrogen-bond donors (Lipinski definition) is 1. The first-order chi connectivity index (χ1) is 10.2. The highest BCUT2D eigenvalue weighted by Gasteiger charge is 2.19. The van der Waals surface area contributed by atoms with E-state index >= 15 is 0 Å². The molecule has 3 rings (SSSR count). The van der Waals surface area contributed by atoms with Gasteiger partial charge < -0.3 is 4.55 Å². The zero-order chi connectivity index (χ0) is 14.8. The van der Waals surface area contributed by atoms with Gasteiger partial charge in [0.2, 0.25) is 0 Å². The van der Waals surface area contributed by atoms with Gasteiger partial charge in [-0.05, 0) is 18.2 Å². The number of aryl methyl sites for hydroxylation is 1. The van der Waals surface area contributed by atoms with Gasteiger partial charge in [0.25, 0.3) is 0 Å². The van der Waals surface area contributed by atoms with Crippen molar-refractivity contribution in [1.82, 2.24) is 19.9 Å². The van der Waals surface area contributed by atoms with Crippen LogP contribution in [0, 0.1) is 6.92 Å². The van der Waals surface area contributed by atoms with E-state index < -0.39 is 11.2 Å². The molecule has 0 aliphatic rings. The fourth-order valence-electron chi connectivity index (χ4n) is 1.83. The van der Waals surface area contributed by atoms with Gasteiger partial charge in [-0.25, -0.2) is 9.97 Å². The maximum absolute atomic E-state index is 12.4. The Labute approximate surface area is 133 Å². The smallest absolute Gasteiger partial charge is 0.322 e. The van der Waals surface area contributed by atoms with Crippen molar-refractivity contribution in [2.45, 2.75) is 29.8 Å². The van der Waals surface area contributed by atoms with E-state index in [2.05, 4.69) is 26.9 Å². The van der Waals surface area contributed by atoms with E-state index in [0.29, 0.717) is 11.0 Å². The van der Waals surface area contributed by atoms with Crippen LogP contribution in [0.25, 0.3) is 11.0 Å². The van der Waals surface area contributed by atoms with E-state index in [9.17, 15) is 4.55 Å². The SMILES string of the molecule is CCSc1nc(C[S+]([O-])c2nc3cscc3[nH]2)ncc1C. The molecule has 110 valence electrons. The number of imidazole rings is 1. The minimum Gasteiger partial charge on any atom is -0.609 e. The van der Waals surface area contributed by atoms with E-state index in [1.54, 1.807) is 29.3 Å². The average molecular weight is 338 g/mol. The Morgan fingerprint density at radius 1 is 1.38 bits per heavy atom. The van der Waals surface area contributed by atoms with Crippen molar-refractivity contribution in [3.8, 4) is 0 Å². The fourth-order valence-corrected chi connectivity index (χ4v) is 4.18. The second-order valence-corrected chi connectivity index (χ2v) is 7.77. The van der Waals surface area contributed by atoms with Crippen LogP contribution in [0.2, 0.25) is 0 Å². The summed E-state index contributed by atoms with van der Waals surface area (Å²) in [4.78, 5) is 16.2.